The molecule has 21 heavy (non-hydrogen) atoms. The molecule has 2 nitrogen and oxygen atoms in total. The van der Waals surface area contributed by atoms with Crippen molar-refractivity contribution in [2.75, 3.05) is 0 Å². The Morgan fingerprint density at radius 2 is 1.43 bits per heavy atom. The van der Waals surface area contributed by atoms with Gasteiger partial charge in [0.05, 0.1) is 0 Å². The number of rotatable bonds is 12. The molecule has 1 heterocycles. The van der Waals surface area contributed by atoms with E-state index in [4.69, 9.17) is 0 Å². The van der Waals surface area contributed by atoms with Crippen LogP contribution in [0.3, 0.4) is 0 Å². The minimum Gasteiger partial charge on any atom is -0.312 e. The molecule has 0 aliphatic rings. The van der Waals surface area contributed by atoms with Gasteiger partial charge in [-0.2, -0.15) is 0 Å². The van der Waals surface area contributed by atoms with Crippen molar-refractivity contribution >= 4 is 0 Å². The quantitative estimate of drug-likeness (QED) is 0.451. The molecular weight excluding hydrogens is 258 g/mol. The molecule has 120 valence electrons. The minimum atomic E-state index is 0.159. The lowest BCUT2D eigenvalue weighted by Crippen LogP contribution is -2.23. The molecule has 0 N–H and O–H groups in total. The summed E-state index contributed by atoms with van der Waals surface area (Å²) >= 11 is 0. The summed E-state index contributed by atoms with van der Waals surface area (Å²) in [7, 11) is 0. The van der Waals surface area contributed by atoms with Crippen LogP contribution < -0.4 is 5.56 Å². The molecule has 0 radical (unpaired) electrons. The molecule has 0 spiro atoms. The van der Waals surface area contributed by atoms with Crippen molar-refractivity contribution in [3.8, 4) is 0 Å². The first kappa shape index (κ1) is 18.0. The third-order valence-corrected chi connectivity index (χ3v) is 4.28. The van der Waals surface area contributed by atoms with Crippen LogP contribution in [0.2, 0.25) is 0 Å². The highest BCUT2D eigenvalue weighted by molar-refractivity contribution is 4.95. The van der Waals surface area contributed by atoms with Crippen molar-refractivity contribution in [1.82, 2.24) is 4.57 Å². The Kier molecular flexibility index (Phi) is 9.94. The van der Waals surface area contributed by atoms with Gasteiger partial charge in [-0.3, -0.25) is 4.79 Å². The van der Waals surface area contributed by atoms with Gasteiger partial charge in [0.15, 0.2) is 0 Å². The summed E-state index contributed by atoms with van der Waals surface area (Å²) < 4.78 is 1.96. The third-order valence-electron chi connectivity index (χ3n) is 4.28. The number of unbranched alkanes of at least 4 members (excludes halogenated alkanes) is 7. The van der Waals surface area contributed by atoms with Crippen molar-refractivity contribution in [3.05, 3.63) is 34.7 Å². The Morgan fingerprint density at radius 3 is 2.00 bits per heavy atom. The van der Waals surface area contributed by atoms with Crippen molar-refractivity contribution in [3.63, 3.8) is 0 Å². The topological polar surface area (TPSA) is 22.0 Å². The lowest BCUT2D eigenvalue weighted by Gasteiger charge is -2.20. The van der Waals surface area contributed by atoms with Gasteiger partial charge in [0.25, 0.3) is 5.56 Å². The molecule has 0 amide bonds. The minimum absolute atomic E-state index is 0.159. The van der Waals surface area contributed by atoms with Gasteiger partial charge in [0, 0.05) is 18.3 Å². The molecule has 1 unspecified atom stereocenters. The van der Waals surface area contributed by atoms with Crippen LogP contribution in [0, 0.1) is 0 Å². The van der Waals surface area contributed by atoms with Crippen LogP contribution in [0.4, 0.5) is 0 Å². The molecular formula is C19H33NO. The first-order valence-corrected chi connectivity index (χ1v) is 8.96. The molecule has 1 rings (SSSR count). The Morgan fingerprint density at radius 1 is 0.857 bits per heavy atom. The number of hydrogen-bond donors (Lipinski definition) is 0. The Balaban J connectivity index is 2.49. The molecule has 0 saturated carbocycles. The van der Waals surface area contributed by atoms with E-state index in [9.17, 15) is 4.79 Å². The average Bonchev–Trinajstić information content (AvgIpc) is 2.50. The second-order valence-corrected chi connectivity index (χ2v) is 6.15. The van der Waals surface area contributed by atoms with Crippen LogP contribution in [0.1, 0.15) is 90.5 Å². The molecule has 1 atom stereocenters. The summed E-state index contributed by atoms with van der Waals surface area (Å²) in [6.45, 7) is 4.49. The second kappa shape index (κ2) is 11.6. The summed E-state index contributed by atoms with van der Waals surface area (Å²) in [6.07, 6.45) is 15.9. The standard InChI is InChI=1S/C19H33NO/c1-3-5-7-9-11-15-18(14-10-8-6-4-2)20-17-13-12-16-19(20)21/h12-13,16-18H,3-11,14-15H2,1-2H3. The summed E-state index contributed by atoms with van der Waals surface area (Å²) in [5.41, 5.74) is 0.159. The number of hydrogen-bond acceptors (Lipinski definition) is 1. The number of nitrogens with zero attached hydrogens (tertiary/aromatic N) is 1. The van der Waals surface area contributed by atoms with Gasteiger partial charge in [-0.25, -0.2) is 0 Å². The van der Waals surface area contributed by atoms with Gasteiger partial charge in [-0.05, 0) is 18.9 Å². The van der Waals surface area contributed by atoms with Crippen LogP contribution in [0.15, 0.2) is 29.2 Å². The predicted octanol–water partition coefficient (Wildman–Crippen LogP) is 5.72. The summed E-state index contributed by atoms with van der Waals surface area (Å²) in [6, 6.07) is 5.92. The van der Waals surface area contributed by atoms with E-state index in [1.54, 1.807) is 6.07 Å². The molecule has 1 aromatic rings. The van der Waals surface area contributed by atoms with Crippen LogP contribution in [0.5, 0.6) is 0 Å². The molecule has 0 saturated heterocycles. The van der Waals surface area contributed by atoms with Crippen molar-refractivity contribution < 1.29 is 0 Å². The van der Waals surface area contributed by atoms with Gasteiger partial charge in [0.2, 0.25) is 0 Å². The summed E-state index contributed by atoms with van der Waals surface area (Å²) in [4.78, 5) is 12.0. The van der Waals surface area contributed by atoms with Crippen molar-refractivity contribution in [2.24, 2.45) is 0 Å². The molecule has 0 aliphatic heterocycles. The second-order valence-electron chi connectivity index (χ2n) is 6.15. The molecule has 0 bridgehead atoms. The third kappa shape index (κ3) is 7.50. The highest BCUT2D eigenvalue weighted by Crippen LogP contribution is 2.22. The van der Waals surface area contributed by atoms with Crippen molar-refractivity contribution in [2.45, 2.75) is 90.5 Å². The van der Waals surface area contributed by atoms with E-state index in [1.807, 2.05) is 22.9 Å². The normalized spacial score (nSPS) is 12.5. The highest BCUT2D eigenvalue weighted by atomic mass is 16.1. The van der Waals surface area contributed by atoms with E-state index in [2.05, 4.69) is 13.8 Å². The molecule has 1 aromatic heterocycles. The maximum atomic E-state index is 12.0. The fourth-order valence-electron chi connectivity index (χ4n) is 2.95. The van der Waals surface area contributed by atoms with Crippen LogP contribution >= 0.6 is 0 Å². The largest absolute Gasteiger partial charge is 0.312 e. The van der Waals surface area contributed by atoms with Crippen molar-refractivity contribution in [1.29, 1.82) is 0 Å². The average molecular weight is 291 g/mol. The fourth-order valence-corrected chi connectivity index (χ4v) is 2.95. The zero-order valence-corrected chi connectivity index (χ0v) is 14.0. The molecule has 0 aliphatic carbocycles. The SMILES string of the molecule is CCCCCCCC(CCCCCC)n1ccccc1=O. The van der Waals surface area contributed by atoms with Gasteiger partial charge in [0.1, 0.15) is 0 Å². The summed E-state index contributed by atoms with van der Waals surface area (Å²) in [5, 5.41) is 0. The highest BCUT2D eigenvalue weighted by Gasteiger charge is 2.11. The first-order valence-electron chi connectivity index (χ1n) is 8.96. The fraction of sp³-hybridized carbons (Fsp3) is 0.737. The Bertz CT molecular complexity index is 410. The summed E-state index contributed by atoms with van der Waals surface area (Å²) in [5.74, 6) is 0. The van der Waals surface area contributed by atoms with E-state index in [1.165, 1.54) is 57.8 Å². The number of aromatic nitrogens is 1. The Hall–Kier alpha value is -1.05. The van der Waals surface area contributed by atoms with E-state index in [0.717, 1.165) is 12.8 Å². The number of pyridine rings is 1. The molecule has 0 aromatic carbocycles. The maximum absolute atomic E-state index is 12.0. The van der Waals surface area contributed by atoms with Gasteiger partial charge < -0.3 is 4.57 Å². The Labute approximate surface area is 130 Å². The smallest absolute Gasteiger partial charge is 0.250 e. The van der Waals surface area contributed by atoms with Crippen LogP contribution in [0.25, 0.3) is 0 Å². The molecule has 0 fully saturated rings. The zero-order valence-electron chi connectivity index (χ0n) is 14.0. The first-order chi connectivity index (χ1) is 10.3. The van der Waals surface area contributed by atoms with Gasteiger partial charge in [-0.1, -0.05) is 77.7 Å². The zero-order chi connectivity index (χ0) is 15.3. The van der Waals surface area contributed by atoms with E-state index in [-0.39, 0.29) is 5.56 Å². The lowest BCUT2D eigenvalue weighted by atomic mass is 10.0. The lowest BCUT2D eigenvalue weighted by molar-refractivity contribution is 0.387. The van der Waals surface area contributed by atoms with E-state index >= 15 is 0 Å². The maximum Gasteiger partial charge on any atom is 0.250 e. The predicted molar refractivity (Wildman–Crippen MR) is 91.9 cm³/mol. The van der Waals surface area contributed by atoms with Gasteiger partial charge >= 0.3 is 0 Å². The van der Waals surface area contributed by atoms with Crippen LogP contribution in [-0.2, 0) is 0 Å². The van der Waals surface area contributed by atoms with Gasteiger partial charge in [-0.15, -0.1) is 0 Å². The van der Waals surface area contributed by atoms with E-state index < -0.39 is 0 Å². The monoisotopic (exact) mass is 291 g/mol. The van der Waals surface area contributed by atoms with E-state index in [0.29, 0.717) is 6.04 Å². The van der Waals surface area contributed by atoms with Crippen LogP contribution in [-0.4, -0.2) is 4.57 Å². The molecule has 2 heteroatoms.